The van der Waals surface area contributed by atoms with E-state index >= 15 is 0 Å². The third kappa shape index (κ3) is 3.88. The first-order chi connectivity index (χ1) is 14.4. The monoisotopic (exact) mass is 428 g/mol. The Hall–Kier alpha value is -0.600. The van der Waals surface area contributed by atoms with Crippen molar-refractivity contribution in [3.63, 3.8) is 0 Å². The summed E-state index contributed by atoms with van der Waals surface area (Å²) in [6, 6.07) is 0. The first-order valence-corrected chi connectivity index (χ1v) is 13.2. The number of aliphatic hydroxyl groups is 2. The lowest BCUT2D eigenvalue weighted by molar-refractivity contribution is -0.0271. The van der Waals surface area contributed by atoms with Crippen LogP contribution >= 0.6 is 0 Å². The molecule has 0 saturated heterocycles. The van der Waals surface area contributed by atoms with E-state index in [1.165, 1.54) is 38.5 Å². The van der Waals surface area contributed by atoms with Gasteiger partial charge < -0.3 is 10.2 Å². The Morgan fingerprint density at radius 3 is 2.42 bits per heavy atom. The fourth-order valence-corrected chi connectivity index (χ4v) is 8.63. The third-order valence-electron chi connectivity index (χ3n) is 11.0. The highest BCUT2D eigenvalue weighted by Gasteiger charge is 2.57. The number of hydrogen-bond donors (Lipinski definition) is 2. The molecule has 3 fully saturated rings. The molecule has 8 atom stereocenters. The van der Waals surface area contributed by atoms with Crippen molar-refractivity contribution in [3.05, 3.63) is 22.8 Å². The lowest BCUT2D eigenvalue weighted by Gasteiger charge is -2.57. The van der Waals surface area contributed by atoms with Crippen LogP contribution in [0.25, 0.3) is 0 Å². The molecular weight excluding hydrogens is 380 g/mol. The Bertz CT molecular complexity index is 755. The van der Waals surface area contributed by atoms with E-state index in [4.69, 9.17) is 0 Å². The quantitative estimate of drug-likeness (QED) is 0.471. The largest absolute Gasteiger partial charge is 0.393 e. The molecule has 3 unspecified atom stereocenters. The SMILES string of the molecule is C/C(C[C@@H](C)[C@H](C)C(C)(C)O)=C1/CCC2C3CC=C4C[C@@H](O)CC[C@]4(C)C3CC[C@]12C. The first kappa shape index (κ1) is 23.6. The molecule has 2 nitrogen and oxygen atoms in total. The molecule has 4 aliphatic rings. The highest BCUT2D eigenvalue weighted by atomic mass is 16.3. The van der Waals surface area contributed by atoms with Crippen molar-refractivity contribution in [3.8, 4) is 0 Å². The highest BCUT2D eigenvalue weighted by Crippen LogP contribution is 2.66. The van der Waals surface area contributed by atoms with E-state index in [1.54, 1.807) is 16.7 Å². The fourth-order valence-electron chi connectivity index (χ4n) is 8.63. The van der Waals surface area contributed by atoms with Crippen molar-refractivity contribution < 1.29 is 10.2 Å². The van der Waals surface area contributed by atoms with E-state index in [0.29, 0.717) is 22.7 Å². The van der Waals surface area contributed by atoms with Gasteiger partial charge in [-0.25, -0.2) is 0 Å². The summed E-state index contributed by atoms with van der Waals surface area (Å²) in [4.78, 5) is 0. The van der Waals surface area contributed by atoms with Gasteiger partial charge in [-0.05, 0) is 119 Å². The van der Waals surface area contributed by atoms with E-state index < -0.39 is 5.60 Å². The number of aliphatic hydroxyl groups excluding tert-OH is 1. The van der Waals surface area contributed by atoms with Gasteiger partial charge in [0.05, 0.1) is 11.7 Å². The average molecular weight is 429 g/mol. The Kier molecular flexibility index (Phi) is 6.09. The third-order valence-corrected chi connectivity index (χ3v) is 11.0. The minimum absolute atomic E-state index is 0.110. The normalized spacial score (nSPS) is 44.0. The molecule has 0 bridgehead atoms. The van der Waals surface area contributed by atoms with Crippen LogP contribution in [0.3, 0.4) is 0 Å². The maximum atomic E-state index is 10.5. The maximum absolute atomic E-state index is 10.5. The van der Waals surface area contributed by atoms with Crippen molar-refractivity contribution in [2.75, 3.05) is 0 Å². The molecule has 2 N–H and O–H groups in total. The van der Waals surface area contributed by atoms with Crippen LogP contribution in [-0.2, 0) is 0 Å². The molecule has 0 aliphatic heterocycles. The minimum atomic E-state index is -0.611. The predicted octanol–water partition coefficient (Wildman–Crippen LogP) is 7.06. The van der Waals surface area contributed by atoms with Crippen molar-refractivity contribution in [2.24, 2.45) is 40.4 Å². The number of hydrogen-bond acceptors (Lipinski definition) is 2. The molecule has 0 aromatic rings. The molecule has 3 saturated carbocycles. The minimum Gasteiger partial charge on any atom is -0.393 e. The van der Waals surface area contributed by atoms with Gasteiger partial charge in [0.15, 0.2) is 0 Å². The van der Waals surface area contributed by atoms with Crippen molar-refractivity contribution in [1.82, 2.24) is 0 Å². The first-order valence-electron chi connectivity index (χ1n) is 13.2. The predicted molar refractivity (Wildman–Crippen MR) is 130 cm³/mol. The van der Waals surface area contributed by atoms with E-state index in [-0.39, 0.29) is 6.10 Å². The fraction of sp³-hybridized carbons (Fsp3) is 0.862. The van der Waals surface area contributed by atoms with Gasteiger partial charge >= 0.3 is 0 Å². The van der Waals surface area contributed by atoms with Crippen LogP contribution in [0.2, 0.25) is 0 Å². The zero-order chi connectivity index (χ0) is 22.8. The smallest absolute Gasteiger partial charge is 0.0619 e. The van der Waals surface area contributed by atoms with Gasteiger partial charge in [0.2, 0.25) is 0 Å². The van der Waals surface area contributed by atoms with Gasteiger partial charge in [-0.2, -0.15) is 0 Å². The van der Waals surface area contributed by atoms with Crippen LogP contribution in [0.4, 0.5) is 0 Å². The standard InChI is InChI=1S/C29H48O2/c1-18(20(3)27(4,5)31)16-19(2)24-10-11-25-23-9-8-21-17-22(30)12-14-28(21,6)26(23)13-15-29(24,25)7/h8,18,20,22-23,25-26,30-31H,9-17H2,1-7H3/b24-19+/t18-,20+,22+,23?,25?,26?,28+,29-/m1/s1. The zero-order valence-corrected chi connectivity index (χ0v) is 21.3. The Morgan fingerprint density at radius 2 is 1.74 bits per heavy atom. The Morgan fingerprint density at radius 1 is 1.10 bits per heavy atom. The maximum Gasteiger partial charge on any atom is 0.0619 e. The van der Waals surface area contributed by atoms with E-state index in [0.717, 1.165) is 37.0 Å². The molecule has 176 valence electrons. The molecule has 4 rings (SSSR count). The second-order valence-corrected chi connectivity index (χ2v) is 13.0. The van der Waals surface area contributed by atoms with Crippen molar-refractivity contribution in [1.29, 1.82) is 0 Å². The van der Waals surface area contributed by atoms with Crippen LogP contribution in [0, 0.1) is 40.4 Å². The van der Waals surface area contributed by atoms with Crippen LogP contribution in [-0.4, -0.2) is 21.9 Å². The molecule has 0 spiro atoms. The highest BCUT2D eigenvalue weighted by molar-refractivity contribution is 5.31. The molecule has 31 heavy (non-hydrogen) atoms. The average Bonchev–Trinajstić information content (AvgIpc) is 3.04. The molecule has 0 aromatic carbocycles. The molecule has 0 heterocycles. The van der Waals surface area contributed by atoms with Crippen LogP contribution in [0.15, 0.2) is 22.8 Å². The summed E-state index contributed by atoms with van der Waals surface area (Å²) in [5, 5.41) is 20.7. The summed E-state index contributed by atoms with van der Waals surface area (Å²) in [7, 11) is 0. The molecule has 2 heteroatoms. The summed E-state index contributed by atoms with van der Waals surface area (Å²) in [5.74, 6) is 3.25. The van der Waals surface area contributed by atoms with E-state index in [2.05, 4.69) is 40.7 Å². The van der Waals surface area contributed by atoms with E-state index in [9.17, 15) is 10.2 Å². The summed E-state index contributed by atoms with van der Waals surface area (Å²) in [6.07, 6.45) is 13.2. The van der Waals surface area contributed by atoms with Crippen molar-refractivity contribution in [2.45, 2.75) is 118 Å². The zero-order valence-electron chi connectivity index (χ0n) is 21.3. The Labute approximate surface area is 191 Å². The lowest BCUT2D eigenvalue weighted by Crippen LogP contribution is -2.49. The summed E-state index contributed by atoms with van der Waals surface area (Å²) < 4.78 is 0. The van der Waals surface area contributed by atoms with Gasteiger partial charge in [0.25, 0.3) is 0 Å². The van der Waals surface area contributed by atoms with E-state index in [1.807, 2.05) is 13.8 Å². The molecule has 0 radical (unpaired) electrons. The molecule has 0 aromatic heterocycles. The van der Waals surface area contributed by atoms with Gasteiger partial charge in [0, 0.05) is 0 Å². The molecule has 4 aliphatic carbocycles. The van der Waals surface area contributed by atoms with Gasteiger partial charge in [-0.15, -0.1) is 0 Å². The summed E-state index contributed by atoms with van der Waals surface area (Å²) in [5.41, 5.74) is 5.06. The summed E-state index contributed by atoms with van der Waals surface area (Å²) >= 11 is 0. The van der Waals surface area contributed by atoms with Crippen LogP contribution in [0.1, 0.15) is 106 Å². The Balaban J connectivity index is 1.56. The van der Waals surface area contributed by atoms with Crippen LogP contribution < -0.4 is 0 Å². The topological polar surface area (TPSA) is 40.5 Å². The van der Waals surface area contributed by atoms with Gasteiger partial charge in [-0.1, -0.05) is 50.5 Å². The van der Waals surface area contributed by atoms with Gasteiger partial charge in [-0.3, -0.25) is 0 Å². The van der Waals surface area contributed by atoms with Crippen molar-refractivity contribution >= 4 is 0 Å². The second kappa shape index (κ2) is 8.01. The lowest BCUT2D eigenvalue weighted by atomic mass is 9.47. The number of fused-ring (bicyclic) bond motifs is 5. The second-order valence-electron chi connectivity index (χ2n) is 13.0. The molecule has 0 amide bonds. The summed E-state index contributed by atoms with van der Waals surface area (Å²) in [6.45, 7) is 16.0. The van der Waals surface area contributed by atoms with Crippen LogP contribution in [0.5, 0.6) is 0 Å². The molecular formula is C29H48O2. The number of allylic oxidation sites excluding steroid dienone is 3. The van der Waals surface area contributed by atoms with Gasteiger partial charge in [0.1, 0.15) is 0 Å². The number of rotatable bonds is 4.